The molecule has 1 aliphatic heterocycles. The predicted molar refractivity (Wildman–Crippen MR) is 172 cm³/mol. The third-order valence-electron chi connectivity index (χ3n) is 8.91. The Hall–Kier alpha value is -2.98. The molecule has 0 radical (unpaired) electrons. The summed E-state index contributed by atoms with van der Waals surface area (Å²) in [6, 6.07) is 17.4. The van der Waals surface area contributed by atoms with Crippen molar-refractivity contribution < 1.29 is 14.3 Å². The van der Waals surface area contributed by atoms with Crippen molar-refractivity contribution in [3.8, 4) is 5.75 Å². The first-order chi connectivity index (χ1) is 19.9. The average molecular weight is 593 g/mol. The molecule has 0 spiro atoms. The van der Waals surface area contributed by atoms with Crippen molar-refractivity contribution in [2.24, 2.45) is 0 Å². The number of hydrogen-bond donors (Lipinski definition) is 4. The van der Waals surface area contributed by atoms with Crippen LogP contribution in [0.3, 0.4) is 0 Å². The number of carbonyl (C=O) groups is 1. The largest absolute Gasteiger partial charge is 0.506 e. The highest BCUT2D eigenvalue weighted by molar-refractivity contribution is 6.74. The summed E-state index contributed by atoms with van der Waals surface area (Å²) in [5.74, 6) is 0.169. The van der Waals surface area contributed by atoms with Crippen molar-refractivity contribution >= 4 is 25.1 Å². The number of phenolic OH excluding ortho intramolecular Hbond substituents is 1. The maximum Gasteiger partial charge on any atom is 0.248 e. The van der Waals surface area contributed by atoms with E-state index in [1.807, 2.05) is 24.3 Å². The second-order valence-electron chi connectivity index (χ2n) is 13.0. The number of amides is 1. The molecule has 228 valence electrons. The number of aromatic amines is 1. The number of fused-ring (bicyclic) bond motifs is 1. The first kappa shape index (κ1) is 31.9. The van der Waals surface area contributed by atoms with E-state index in [9.17, 15) is 14.7 Å². The molecule has 1 aliphatic rings. The molecule has 0 aliphatic carbocycles. The molecule has 2 aromatic carbocycles. The van der Waals surface area contributed by atoms with Crippen LogP contribution in [-0.2, 0) is 15.6 Å². The third kappa shape index (κ3) is 8.53. The second-order valence-corrected chi connectivity index (χ2v) is 17.8. The molecule has 1 fully saturated rings. The summed E-state index contributed by atoms with van der Waals surface area (Å²) in [5.41, 5.74) is 2.40. The number of phenols is 1. The van der Waals surface area contributed by atoms with Crippen molar-refractivity contribution in [3.63, 3.8) is 0 Å². The number of rotatable bonds is 12. The summed E-state index contributed by atoms with van der Waals surface area (Å²) < 4.78 is 6.95. The lowest BCUT2D eigenvalue weighted by atomic mass is 10.0. The SMILES string of the molecule is CC(C)(C)[Si](C)(C)O[C@H](CNC1CCN(CCC(=O)NCCc2ccccc2)CC1)c1ccc(O)c2[nH]c(=O)ccc12. The summed E-state index contributed by atoms with van der Waals surface area (Å²) >= 11 is 0. The van der Waals surface area contributed by atoms with Crippen LogP contribution in [0.15, 0.2) is 59.4 Å². The van der Waals surface area contributed by atoms with Gasteiger partial charge in [-0.1, -0.05) is 57.2 Å². The number of benzene rings is 2. The standard InChI is InChI=1S/C33H48N4O4Si/c1-33(2,3)42(4,5)41-29(26-11-13-28(38)32-27(26)12-14-31(40)36-32)23-35-25-16-20-37(21-17-25)22-18-30(39)34-19-15-24-9-7-6-8-10-24/h6-14,25,29,35,38H,15-23H2,1-5H3,(H,34,39)(H,36,40)/t29-/m1/s1. The van der Waals surface area contributed by atoms with E-state index in [1.54, 1.807) is 12.1 Å². The fraction of sp³-hybridized carbons (Fsp3) is 0.515. The summed E-state index contributed by atoms with van der Waals surface area (Å²) in [6.07, 6.45) is 3.16. The van der Waals surface area contributed by atoms with Crippen LogP contribution < -0.4 is 16.2 Å². The van der Waals surface area contributed by atoms with Gasteiger partial charge in [0.05, 0.1) is 11.6 Å². The molecule has 42 heavy (non-hydrogen) atoms. The van der Waals surface area contributed by atoms with E-state index >= 15 is 0 Å². The van der Waals surface area contributed by atoms with E-state index in [4.69, 9.17) is 4.43 Å². The summed E-state index contributed by atoms with van der Waals surface area (Å²) in [6.45, 7) is 15.2. The summed E-state index contributed by atoms with van der Waals surface area (Å²) in [7, 11) is -2.13. The molecule has 0 unspecified atom stereocenters. The lowest BCUT2D eigenvalue weighted by molar-refractivity contribution is -0.121. The van der Waals surface area contributed by atoms with Gasteiger partial charge in [-0.05, 0) is 73.7 Å². The highest BCUT2D eigenvalue weighted by atomic mass is 28.4. The number of likely N-dealkylation sites (tertiary alicyclic amines) is 1. The van der Waals surface area contributed by atoms with E-state index in [-0.39, 0.29) is 28.4 Å². The molecule has 4 N–H and O–H groups in total. The minimum absolute atomic E-state index is 0.0332. The number of aromatic nitrogens is 1. The number of pyridine rings is 1. The Kier molecular flexibility index (Phi) is 10.6. The van der Waals surface area contributed by atoms with Gasteiger partial charge in [-0.3, -0.25) is 9.59 Å². The van der Waals surface area contributed by atoms with Gasteiger partial charge in [0, 0.05) is 43.5 Å². The van der Waals surface area contributed by atoms with Gasteiger partial charge in [-0.25, -0.2) is 0 Å². The Morgan fingerprint density at radius 3 is 2.50 bits per heavy atom. The zero-order valence-corrected chi connectivity index (χ0v) is 26.8. The van der Waals surface area contributed by atoms with Crippen molar-refractivity contribution in [2.75, 3.05) is 32.7 Å². The number of nitrogens with zero attached hydrogens (tertiary/aromatic N) is 1. The molecule has 3 aromatic rings. The number of H-pyrrole nitrogens is 1. The van der Waals surface area contributed by atoms with Gasteiger partial charge in [-0.15, -0.1) is 0 Å². The highest BCUT2D eigenvalue weighted by Crippen LogP contribution is 2.41. The number of piperidine rings is 1. The van der Waals surface area contributed by atoms with E-state index in [0.717, 1.165) is 49.8 Å². The van der Waals surface area contributed by atoms with Crippen LogP contribution in [0, 0.1) is 0 Å². The van der Waals surface area contributed by atoms with Gasteiger partial charge >= 0.3 is 0 Å². The van der Waals surface area contributed by atoms with Crippen molar-refractivity contribution in [2.45, 2.75) is 76.7 Å². The van der Waals surface area contributed by atoms with E-state index in [0.29, 0.717) is 31.1 Å². The van der Waals surface area contributed by atoms with Gasteiger partial charge in [0.15, 0.2) is 8.32 Å². The number of hydrogen-bond acceptors (Lipinski definition) is 6. The quantitative estimate of drug-likeness (QED) is 0.218. The van der Waals surface area contributed by atoms with E-state index in [1.165, 1.54) is 11.6 Å². The topological polar surface area (TPSA) is 107 Å². The average Bonchev–Trinajstić information content (AvgIpc) is 2.95. The Morgan fingerprint density at radius 2 is 1.81 bits per heavy atom. The molecule has 1 saturated heterocycles. The van der Waals surface area contributed by atoms with E-state index in [2.05, 4.69) is 66.5 Å². The molecular weight excluding hydrogens is 544 g/mol. The molecular formula is C33H48N4O4Si. The predicted octanol–water partition coefficient (Wildman–Crippen LogP) is 5.10. The van der Waals surface area contributed by atoms with Gasteiger partial charge in [0.1, 0.15) is 5.75 Å². The van der Waals surface area contributed by atoms with Crippen molar-refractivity contribution in [3.05, 3.63) is 76.1 Å². The maximum atomic E-state index is 12.4. The van der Waals surface area contributed by atoms with Gasteiger partial charge < -0.3 is 30.0 Å². The molecule has 8 nitrogen and oxygen atoms in total. The molecule has 1 atom stereocenters. The lowest BCUT2D eigenvalue weighted by Crippen LogP contribution is -2.47. The Balaban J connectivity index is 1.31. The number of aromatic hydroxyl groups is 1. The van der Waals surface area contributed by atoms with Crippen LogP contribution in [0.1, 0.15) is 57.3 Å². The second kappa shape index (κ2) is 14.0. The Labute approximate surface area is 251 Å². The molecule has 9 heteroatoms. The fourth-order valence-corrected chi connectivity index (χ4v) is 6.54. The first-order valence-corrected chi connectivity index (χ1v) is 18.1. The third-order valence-corrected chi connectivity index (χ3v) is 13.4. The van der Waals surface area contributed by atoms with Crippen LogP contribution in [0.5, 0.6) is 5.75 Å². The zero-order valence-electron chi connectivity index (χ0n) is 25.8. The summed E-state index contributed by atoms with van der Waals surface area (Å²) in [5, 5.41) is 18.1. The molecule has 0 bridgehead atoms. The minimum Gasteiger partial charge on any atom is -0.506 e. The Bertz CT molecular complexity index is 1380. The molecule has 2 heterocycles. The van der Waals surface area contributed by atoms with Gasteiger partial charge in [0.2, 0.25) is 11.5 Å². The fourth-order valence-electron chi connectivity index (χ4n) is 5.26. The lowest BCUT2D eigenvalue weighted by Gasteiger charge is -2.40. The van der Waals surface area contributed by atoms with Crippen LogP contribution in [0.4, 0.5) is 0 Å². The van der Waals surface area contributed by atoms with Crippen LogP contribution in [0.25, 0.3) is 10.9 Å². The number of carbonyl (C=O) groups excluding carboxylic acids is 1. The smallest absolute Gasteiger partial charge is 0.248 e. The van der Waals surface area contributed by atoms with E-state index < -0.39 is 8.32 Å². The number of nitrogens with one attached hydrogen (secondary N) is 3. The van der Waals surface area contributed by atoms with Crippen LogP contribution >= 0.6 is 0 Å². The minimum atomic E-state index is -2.13. The van der Waals surface area contributed by atoms with Crippen molar-refractivity contribution in [1.29, 1.82) is 0 Å². The molecule has 1 amide bonds. The van der Waals surface area contributed by atoms with Gasteiger partial charge in [0.25, 0.3) is 0 Å². The molecule has 1 aromatic heterocycles. The van der Waals surface area contributed by atoms with Crippen molar-refractivity contribution in [1.82, 2.24) is 20.5 Å². The van der Waals surface area contributed by atoms with Crippen LogP contribution in [-0.4, -0.2) is 68.0 Å². The normalized spacial score (nSPS) is 16.0. The maximum absolute atomic E-state index is 12.4. The monoisotopic (exact) mass is 592 g/mol. The highest BCUT2D eigenvalue weighted by Gasteiger charge is 2.40. The summed E-state index contributed by atoms with van der Waals surface area (Å²) in [4.78, 5) is 29.5. The van der Waals surface area contributed by atoms with Gasteiger partial charge in [-0.2, -0.15) is 0 Å². The molecule has 0 saturated carbocycles. The first-order valence-electron chi connectivity index (χ1n) is 15.2. The Morgan fingerprint density at radius 1 is 1.10 bits per heavy atom. The molecule has 4 rings (SSSR count). The van der Waals surface area contributed by atoms with Crippen LogP contribution in [0.2, 0.25) is 18.1 Å². The zero-order chi connectivity index (χ0) is 30.3.